The number of ether oxygens (including phenoxy) is 1. The molecule has 8 heteroatoms. The van der Waals surface area contributed by atoms with E-state index in [1.54, 1.807) is 13.8 Å². The summed E-state index contributed by atoms with van der Waals surface area (Å²) in [5, 5.41) is 21.0. The van der Waals surface area contributed by atoms with Crippen LogP contribution in [0.3, 0.4) is 0 Å². The van der Waals surface area contributed by atoms with Crippen molar-refractivity contribution in [2.75, 3.05) is 6.61 Å². The molecule has 0 unspecified atom stereocenters. The van der Waals surface area contributed by atoms with Crippen LogP contribution in [0.1, 0.15) is 47.0 Å². The lowest BCUT2D eigenvalue weighted by molar-refractivity contribution is -0.231. The number of carbonyl (C=O) groups is 3. The lowest BCUT2D eigenvalue weighted by Crippen LogP contribution is -2.71. The smallest absolute Gasteiger partial charge is 0.303 e. The van der Waals surface area contributed by atoms with Gasteiger partial charge in [0.05, 0.1) is 6.10 Å². The molecule has 0 saturated heterocycles. The van der Waals surface area contributed by atoms with Crippen LogP contribution in [0.25, 0.3) is 0 Å². The van der Waals surface area contributed by atoms with Gasteiger partial charge in [0.1, 0.15) is 12.8 Å². The Hall–Kier alpha value is -1.93. The minimum atomic E-state index is -2.28. The number of carbonyl (C=O) groups excluding carboxylic acids is 3. The molecule has 6 nitrogen and oxygen atoms in total. The molecule has 0 aromatic carbocycles. The molecule has 0 radical (unpaired) electrons. The Morgan fingerprint density at radius 2 is 1.91 bits per heavy atom. The standard InChI is InChI=1S/C24H30F2O6/c1-12-7-15-16-9-18(25)17-8-14(29)5-6-21(17,3)23(16,26)19(30)10-22(15,4)24(12,20(31)11-27)32-13(2)28/h5-6,8,12,15-16,18-19,27,30H,7,9-11H2,1-4H3/t12-,15-,16+,18-,19+,21-,22-,23+,24+/m0/s1. The number of alkyl halides is 2. The van der Waals surface area contributed by atoms with Crippen LogP contribution in [0.2, 0.25) is 0 Å². The van der Waals surface area contributed by atoms with E-state index in [-0.39, 0.29) is 24.8 Å². The third-order valence-corrected chi connectivity index (χ3v) is 9.03. The Morgan fingerprint density at radius 1 is 1.25 bits per heavy atom. The fourth-order valence-corrected chi connectivity index (χ4v) is 7.74. The molecule has 3 fully saturated rings. The van der Waals surface area contributed by atoms with E-state index in [1.165, 1.54) is 19.1 Å². The largest absolute Gasteiger partial charge is 0.450 e. The Balaban J connectivity index is 1.89. The maximum absolute atomic E-state index is 17.1. The summed E-state index contributed by atoms with van der Waals surface area (Å²) in [6.45, 7) is 5.16. The highest BCUT2D eigenvalue weighted by Gasteiger charge is 2.77. The summed E-state index contributed by atoms with van der Waals surface area (Å²) in [6, 6.07) is 0. The molecule has 176 valence electrons. The van der Waals surface area contributed by atoms with Crippen molar-refractivity contribution in [1.82, 2.24) is 0 Å². The molecule has 0 bridgehead atoms. The first-order valence-electron chi connectivity index (χ1n) is 11.1. The van der Waals surface area contributed by atoms with Crippen molar-refractivity contribution >= 4 is 17.5 Å². The van der Waals surface area contributed by atoms with E-state index in [9.17, 15) is 24.6 Å². The molecule has 3 saturated carbocycles. The van der Waals surface area contributed by atoms with Crippen LogP contribution in [0.4, 0.5) is 8.78 Å². The highest BCUT2D eigenvalue weighted by molar-refractivity contribution is 6.01. The second-order valence-electron chi connectivity index (χ2n) is 10.4. The van der Waals surface area contributed by atoms with Crippen molar-refractivity contribution in [3.8, 4) is 0 Å². The van der Waals surface area contributed by atoms with Gasteiger partial charge in [-0.05, 0) is 49.8 Å². The maximum Gasteiger partial charge on any atom is 0.303 e. The average molecular weight is 452 g/mol. The summed E-state index contributed by atoms with van der Waals surface area (Å²) in [7, 11) is 0. The normalized spacial score (nSPS) is 49.6. The molecule has 32 heavy (non-hydrogen) atoms. The van der Waals surface area contributed by atoms with Crippen molar-refractivity contribution in [3.05, 3.63) is 23.8 Å². The van der Waals surface area contributed by atoms with Crippen LogP contribution in [0, 0.1) is 28.6 Å². The zero-order valence-corrected chi connectivity index (χ0v) is 18.7. The van der Waals surface area contributed by atoms with Crippen molar-refractivity contribution in [2.24, 2.45) is 28.6 Å². The van der Waals surface area contributed by atoms with Gasteiger partial charge in [-0.25, -0.2) is 8.78 Å². The second kappa shape index (κ2) is 7.03. The molecule has 0 spiro atoms. The topological polar surface area (TPSA) is 101 Å². The molecule has 4 rings (SSSR count). The number of Topliss-reactive ketones (excluding diaryl/α,β-unsaturated/α-hetero) is 1. The average Bonchev–Trinajstić information content (AvgIpc) is 2.92. The van der Waals surface area contributed by atoms with E-state index in [1.807, 2.05) is 0 Å². The monoisotopic (exact) mass is 452 g/mol. The number of aliphatic hydroxyl groups is 2. The summed E-state index contributed by atoms with van der Waals surface area (Å²) in [6.07, 6.45) is 0.273. The number of allylic oxidation sites excluding steroid dienone is 4. The van der Waals surface area contributed by atoms with E-state index in [4.69, 9.17) is 4.74 Å². The number of hydrogen-bond acceptors (Lipinski definition) is 6. The molecule has 0 aromatic rings. The first-order chi connectivity index (χ1) is 14.8. The van der Waals surface area contributed by atoms with E-state index < -0.39 is 76.3 Å². The molecule has 0 amide bonds. The fraction of sp³-hybridized carbons (Fsp3) is 0.708. The number of aliphatic hydroxyl groups excluding tert-OH is 2. The maximum atomic E-state index is 17.1. The van der Waals surface area contributed by atoms with Crippen LogP contribution in [-0.2, 0) is 19.1 Å². The van der Waals surface area contributed by atoms with Gasteiger partial charge in [-0.3, -0.25) is 14.4 Å². The lowest BCUT2D eigenvalue weighted by atomic mass is 9.44. The molecule has 4 aliphatic rings. The minimum absolute atomic E-state index is 0.0233. The molecule has 0 aliphatic heterocycles. The predicted octanol–water partition coefficient (Wildman–Crippen LogP) is 2.41. The zero-order valence-electron chi connectivity index (χ0n) is 18.7. The Bertz CT molecular complexity index is 945. The molecule has 0 heterocycles. The van der Waals surface area contributed by atoms with E-state index in [0.717, 1.165) is 13.0 Å². The predicted molar refractivity (Wildman–Crippen MR) is 110 cm³/mol. The Kier molecular flexibility index (Phi) is 5.11. The number of fused-ring (bicyclic) bond motifs is 5. The molecular weight excluding hydrogens is 422 g/mol. The highest BCUT2D eigenvalue weighted by Crippen LogP contribution is 2.71. The van der Waals surface area contributed by atoms with E-state index in [0.29, 0.717) is 0 Å². The van der Waals surface area contributed by atoms with Crippen LogP contribution in [0.15, 0.2) is 23.8 Å². The Labute approximate surface area is 185 Å². The van der Waals surface area contributed by atoms with Gasteiger partial charge >= 0.3 is 5.97 Å². The summed E-state index contributed by atoms with van der Waals surface area (Å²) >= 11 is 0. The van der Waals surface area contributed by atoms with Gasteiger partial charge in [0.15, 0.2) is 17.1 Å². The van der Waals surface area contributed by atoms with Crippen LogP contribution < -0.4 is 0 Å². The van der Waals surface area contributed by atoms with Crippen molar-refractivity contribution in [2.45, 2.75) is 70.5 Å². The lowest BCUT2D eigenvalue weighted by Gasteiger charge is -2.63. The van der Waals surface area contributed by atoms with E-state index >= 15 is 8.78 Å². The first kappa shape index (κ1) is 23.2. The van der Waals surface area contributed by atoms with Crippen molar-refractivity contribution < 1.29 is 38.1 Å². The number of esters is 1. The third-order valence-electron chi connectivity index (χ3n) is 9.03. The van der Waals surface area contributed by atoms with Gasteiger partial charge < -0.3 is 14.9 Å². The third kappa shape index (κ3) is 2.54. The molecule has 0 aromatic heterocycles. The Morgan fingerprint density at radius 3 is 2.50 bits per heavy atom. The quantitative estimate of drug-likeness (QED) is 0.638. The van der Waals surface area contributed by atoms with Gasteiger partial charge in [0.25, 0.3) is 0 Å². The highest BCUT2D eigenvalue weighted by atomic mass is 19.1. The van der Waals surface area contributed by atoms with Gasteiger partial charge in [-0.2, -0.15) is 0 Å². The van der Waals surface area contributed by atoms with Crippen molar-refractivity contribution in [3.63, 3.8) is 0 Å². The van der Waals surface area contributed by atoms with Crippen molar-refractivity contribution in [1.29, 1.82) is 0 Å². The molecule has 9 atom stereocenters. The van der Waals surface area contributed by atoms with Gasteiger partial charge in [-0.15, -0.1) is 0 Å². The van der Waals surface area contributed by atoms with E-state index in [2.05, 4.69) is 0 Å². The summed E-state index contributed by atoms with van der Waals surface area (Å²) in [5.41, 5.74) is -6.74. The fourth-order valence-electron chi connectivity index (χ4n) is 7.74. The summed E-state index contributed by atoms with van der Waals surface area (Å²) < 4.78 is 38.1. The van der Waals surface area contributed by atoms with Crippen LogP contribution in [0.5, 0.6) is 0 Å². The van der Waals surface area contributed by atoms with Crippen LogP contribution in [-0.4, -0.2) is 57.9 Å². The summed E-state index contributed by atoms with van der Waals surface area (Å²) in [4.78, 5) is 37.0. The minimum Gasteiger partial charge on any atom is -0.450 e. The SMILES string of the molecule is CC(=O)O[C@@]1(C(=O)CO)[C@@H](C)C[C@H]2[C@H]3C[C@H](F)C4=CC(=O)C=C[C@]4(C)[C@]3(F)[C@H](O)C[C@@]21C. The number of ketones is 2. The first-order valence-corrected chi connectivity index (χ1v) is 11.1. The number of halogens is 2. The second-order valence-corrected chi connectivity index (χ2v) is 10.4. The van der Waals surface area contributed by atoms with Gasteiger partial charge in [0.2, 0.25) is 5.78 Å². The molecular formula is C24H30F2O6. The number of hydrogen-bond donors (Lipinski definition) is 2. The van der Waals surface area contributed by atoms with Gasteiger partial charge in [0, 0.05) is 29.6 Å². The zero-order chi connectivity index (χ0) is 23.9. The summed E-state index contributed by atoms with van der Waals surface area (Å²) in [5.74, 6) is -3.99. The molecule has 2 N–H and O–H groups in total. The van der Waals surface area contributed by atoms with Crippen LogP contribution >= 0.6 is 0 Å². The number of rotatable bonds is 3. The molecule has 4 aliphatic carbocycles. The van der Waals surface area contributed by atoms with Gasteiger partial charge in [-0.1, -0.05) is 19.9 Å².